The van der Waals surface area contributed by atoms with E-state index in [1.807, 2.05) is 44.2 Å². The molecular weight excluding hydrogens is 409 g/mol. The van der Waals surface area contributed by atoms with Gasteiger partial charge >= 0.3 is 6.18 Å². The fraction of sp³-hybridized carbons (Fsp3) is 0.130. The summed E-state index contributed by atoms with van der Waals surface area (Å²) < 4.78 is 39.9. The van der Waals surface area contributed by atoms with Gasteiger partial charge in [0.05, 0.1) is 20.8 Å². The van der Waals surface area contributed by atoms with Gasteiger partial charge < -0.3 is 5.32 Å². The number of thiazole rings is 1. The van der Waals surface area contributed by atoms with Crippen molar-refractivity contribution in [2.75, 3.05) is 5.32 Å². The number of benzene rings is 3. The lowest BCUT2D eigenvalue weighted by atomic mass is 9.99. The molecule has 3 nitrogen and oxygen atoms in total. The van der Waals surface area contributed by atoms with E-state index in [-0.39, 0.29) is 5.56 Å². The van der Waals surface area contributed by atoms with E-state index >= 15 is 0 Å². The van der Waals surface area contributed by atoms with Crippen LogP contribution < -0.4 is 5.32 Å². The predicted molar refractivity (Wildman–Crippen MR) is 114 cm³/mol. The third kappa shape index (κ3) is 4.07. The number of nitrogens with zero attached hydrogens (tertiary/aromatic N) is 1. The fourth-order valence-electron chi connectivity index (χ4n) is 3.26. The van der Waals surface area contributed by atoms with Crippen molar-refractivity contribution in [2.45, 2.75) is 20.0 Å². The molecule has 30 heavy (non-hydrogen) atoms. The van der Waals surface area contributed by atoms with E-state index in [4.69, 9.17) is 0 Å². The first kappa shape index (κ1) is 20.1. The normalized spacial score (nSPS) is 11.6. The number of hydrogen-bond acceptors (Lipinski definition) is 3. The van der Waals surface area contributed by atoms with Crippen LogP contribution in [0.2, 0.25) is 0 Å². The van der Waals surface area contributed by atoms with E-state index in [1.54, 1.807) is 17.4 Å². The fourth-order valence-corrected chi connectivity index (χ4v) is 4.07. The first-order valence-electron chi connectivity index (χ1n) is 9.17. The molecule has 0 spiro atoms. The molecule has 4 rings (SSSR count). The molecule has 0 unspecified atom stereocenters. The van der Waals surface area contributed by atoms with Gasteiger partial charge in [0.1, 0.15) is 0 Å². The Kier molecular flexibility index (Phi) is 5.07. The van der Waals surface area contributed by atoms with Crippen LogP contribution in [0.3, 0.4) is 0 Å². The van der Waals surface area contributed by atoms with Crippen LogP contribution in [0.1, 0.15) is 26.5 Å². The number of hydrogen-bond donors (Lipinski definition) is 1. The van der Waals surface area contributed by atoms with Crippen molar-refractivity contribution >= 4 is 33.1 Å². The Bertz CT molecular complexity index is 1260. The average Bonchev–Trinajstić information content (AvgIpc) is 3.08. The quantitative estimate of drug-likeness (QED) is 0.389. The molecule has 0 saturated carbocycles. The van der Waals surface area contributed by atoms with Gasteiger partial charge in [-0.3, -0.25) is 4.79 Å². The van der Waals surface area contributed by atoms with Gasteiger partial charge in [0, 0.05) is 11.3 Å². The Balaban J connectivity index is 1.64. The van der Waals surface area contributed by atoms with Crippen molar-refractivity contribution in [2.24, 2.45) is 0 Å². The van der Waals surface area contributed by atoms with Crippen LogP contribution in [0, 0.1) is 13.8 Å². The largest absolute Gasteiger partial charge is 0.416 e. The molecule has 0 fully saturated rings. The molecule has 0 radical (unpaired) electrons. The summed E-state index contributed by atoms with van der Waals surface area (Å²) in [5, 5.41) is 3.68. The van der Waals surface area contributed by atoms with Crippen LogP contribution in [0.4, 0.5) is 18.9 Å². The minimum atomic E-state index is -4.50. The van der Waals surface area contributed by atoms with E-state index in [1.165, 1.54) is 12.1 Å². The maximum atomic E-state index is 12.9. The lowest BCUT2D eigenvalue weighted by molar-refractivity contribution is -0.137. The Hall–Kier alpha value is -3.19. The molecule has 0 saturated heterocycles. The van der Waals surface area contributed by atoms with E-state index in [9.17, 15) is 18.0 Å². The van der Waals surface area contributed by atoms with Crippen LogP contribution >= 0.6 is 11.3 Å². The molecule has 1 amide bonds. The summed E-state index contributed by atoms with van der Waals surface area (Å²) in [4.78, 5) is 17.0. The average molecular weight is 426 g/mol. The first-order valence-corrected chi connectivity index (χ1v) is 9.99. The number of amides is 1. The molecule has 0 bridgehead atoms. The molecule has 0 aliphatic heterocycles. The highest BCUT2D eigenvalue weighted by Crippen LogP contribution is 2.32. The van der Waals surface area contributed by atoms with E-state index in [2.05, 4.69) is 10.3 Å². The van der Waals surface area contributed by atoms with Crippen molar-refractivity contribution in [3.8, 4) is 11.1 Å². The number of carbonyl (C=O) groups excluding carboxylic acids is 1. The summed E-state index contributed by atoms with van der Waals surface area (Å²) >= 11 is 1.62. The molecule has 0 atom stereocenters. The maximum Gasteiger partial charge on any atom is 0.416 e. The van der Waals surface area contributed by atoms with Crippen LogP contribution in [0.5, 0.6) is 0 Å². The van der Waals surface area contributed by atoms with Gasteiger partial charge in [-0.05, 0) is 73.0 Å². The summed E-state index contributed by atoms with van der Waals surface area (Å²) in [6, 6.07) is 15.8. The lowest BCUT2D eigenvalue weighted by Gasteiger charge is -2.12. The number of fused-ring (bicyclic) bond motifs is 1. The van der Waals surface area contributed by atoms with Crippen molar-refractivity contribution < 1.29 is 18.0 Å². The van der Waals surface area contributed by atoms with E-state index in [0.717, 1.165) is 44.0 Å². The van der Waals surface area contributed by atoms with Crippen molar-refractivity contribution in [3.05, 3.63) is 82.4 Å². The molecule has 1 aromatic heterocycles. The summed E-state index contributed by atoms with van der Waals surface area (Å²) in [7, 11) is 0. The van der Waals surface area contributed by atoms with Gasteiger partial charge in [0.2, 0.25) is 0 Å². The van der Waals surface area contributed by atoms with Gasteiger partial charge in [-0.1, -0.05) is 18.2 Å². The Morgan fingerprint density at radius 2 is 1.80 bits per heavy atom. The zero-order valence-corrected chi connectivity index (χ0v) is 17.0. The van der Waals surface area contributed by atoms with Crippen molar-refractivity contribution in [3.63, 3.8) is 0 Å². The van der Waals surface area contributed by atoms with Gasteiger partial charge in [-0.25, -0.2) is 4.98 Å². The predicted octanol–water partition coefficient (Wildman–Crippen LogP) is 6.85. The lowest BCUT2D eigenvalue weighted by Crippen LogP contribution is -2.14. The van der Waals surface area contributed by atoms with Crippen LogP contribution in [-0.2, 0) is 6.18 Å². The minimum Gasteiger partial charge on any atom is -0.322 e. The molecule has 3 aromatic carbocycles. The highest BCUT2D eigenvalue weighted by Gasteiger charge is 2.30. The number of aromatic nitrogens is 1. The van der Waals surface area contributed by atoms with E-state index < -0.39 is 17.6 Å². The van der Waals surface area contributed by atoms with Crippen LogP contribution in [0.15, 0.2) is 60.7 Å². The van der Waals surface area contributed by atoms with Gasteiger partial charge in [0.15, 0.2) is 0 Å². The second-order valence-corrected chi connectivity index (χ2v) is 8.21. The zero-order chi connectivity index (χ0) is 21.5. The molecule has 0 aliphatic carbocycles. The van der Waals surface area contributed by atoms with Gasteiger partial charge in [-0.15, -0.1) is 11.3 Å². The SMILES string of the molecule is Cc1nc2cc(-c3cc(NC(=O)c4cccc(C(F)(F)F)c4)ccc3C)ccc2s1. The first-order chi connectivity index (χ1) is 14.2. The molecule has 0 aliphatic rings. The number of anilines is 1. The summed E-state index contributed by atoms with van der Waals surface area (Å²) in [6.07, 6.45) is -4.50. The minimum absolute atomic E-state index is 0.0497. The zero-order valence-electron chi connectivity index (χ0n) is 16.2. The molecule has 4 aromatic rings. The monoisotopic (exact) mass is 426 g/mol. The smallest absolute Gasteiger partial charge is 0.322 e. The standard InChI is InChI=1S/C23H17F3N2OS/c1-13-6-8-18(28-22(29)16-4-3-5-17(10-16)23(24,25)26)12-19(13)15-7-9-21-20(11-15)27-14(2)30-21/h3-12H,1-2H3,(H,28,29). The maximum absolute atomic E-state index is 12.9. The third-order valence-electron chi connectivity index (χ3n) is 4.75. The Morgan fingerprint density at radius 3 is 2.57 bits per heavy atom. The number of rotatable bonds is 3. The Labute approximate surface area is 175 Å². The topological polar surface area (TPSA) is 42.0 Å². The van der Waals surface area contributed by atoms with Gasteiger partial charge in [-0.2, -0.15) is 13.2 Å². The molecular formula is C23H17F3N2OS. The van der Waals surface area contributed by atoms with Crippen LogP contribution in [0.25, 0.3) is 21.3 Å². The van der Waals surface area contributed by atoms with E-state index in [0.29, 0.717) is 5.69 Å². The molecule has 1 heterocycles. The molecule has 7 heteroatoms. The molecule has 152 valence electrons. The van der Waals surface area contributed by atoms with Crippen LogP contribution in [-0.4, -0.2) is 10.9 Å². The van der Waals surface area contributed by atoms with Gasteiger partial charge in [0.25, 0.3) is 5.91 Å². The van der Waals surface area contributed by atoms with Crippen molar-refractivity contribution in [1.29, 1.82) is 0 Å². The summed E-state index contributed by atoms with van der Waals surface area (Å²) in [5.41, 5.74) is 3.40. The number of alkyl halides is 3. The highest BCUT2D eigenvalue weighted by molar-refractivity contribution is 7.18. The second kappa shape index (κ2) is 7.57. The third-order valence-corrected chi connectivity index (χ3v) is 5.70. The van der Waals surface area contributed by atoms with Crippen molar-refractivity contribution in [1.82, 2.24) is 4.98 Å². The number of aryl methyl sites for hydroxylation is 2. The highest BCUT2D eigenvalue weighted by atomic mass is 32.1. The Morgan fingerprint density at radius 1 is 1.00 bits per heavy atom. The summed E-state index contributed by atoms with van der Waals surface area (Å²) in [6.45, 7) is 3.92. The second-order valence-electron chi connectivity index (χ2n) is 6.98. The molecule has 1 N–H and O–H groups in total. The number of halogens is 3. The number of carbonyl (C=O) groups is 1. The summed E-state index contributed by atoms with van der Waals surface area (Å²) in [5.74, 6) is -0.596. The number of nitrogens with one attached hydrogen (secondary N) is 1.